The summed E-state index contributed by atoms with van der Waals surface area (Å²) in [6.07, 6.45) is 1.96. The summed E-state index contributed by atoms with van der Waals surface area (Å²) in [5, 5.41) is 3.93. The summed E-state index contributed by atoms with van der Waals surface area (Å²) in [6.45, 7) is -0.381. The monoisotopic (exact) mass is 225 g/mol. The van der Waals surface area contributed by atoms with Crippen LogP contribution in [-0.4, -0.2) is 18.0 Å². The molecule has 1 aromatic rings. The van der Waals surface area contributed by atoms with Gasteiger partial charge in [0.2, 0.25) is 0 Å². The number of hydrogen-bond acceptors (Lipinski definition) is 2. The van der Waals surface area contributed by atoms with Gasteiger partial charge >= 0.3 is 0 Å². The van der Waals surface area contributed by atoms with Crippen molar-refractivity contribution in [1.82, 2.24) is 5.43 Å². The molecule has 0 aromatic heterocycles. The second-order valence-corrected chi connectivity index (χ2v) is 3.31. The number of alkyl halides is 1. The van der Waals surface area contributed by atoms with Crippen LogP contribution in [0.3, 0.4) is 0 Å². The Morgan fingerprint density at radius 2 is 2.27 bits per heavy atom. The van der Waals surface area contributed by atoms with Crippen LogP contribution < -0.4 is 11.2 Å². The fraction of sp³-hybridized carbons (Fsp3) is 0.200. The molecule has 15 heavy (non-hydrogen) atoms. The van der Waals surface area contributed by atoms with E-state index >= 15 is 0 Å². The van der Waals surface area contributed by atoms with E-state index in [9.17, 15) is 4.39 Å². The molecule has 1 rings (SSSR count). The molecular weight excluding hydrogens is 213 g/mol. The third-order valence-corrected chi connectivity index (χ3v) is 1.89. The Kier molecular flexibility index (Phi) is 4.70. The van der Waals surface area contributed by atoms with Gasteiger partial charge in [0, 0.05) is 6.42 Å². The number of nitrogens with one attached hydrogen (secondary N) is 1. The standard InChI is InChI=1S/C10H12FN3S/c11-6-5-8-3-1-2-4-9(8)7-13-14-10(12)15/h1-4,7H,5-6H2,(H3,12,14,15). The van der Waals surface area contributed by atoms with Gasteiger partial charge in [-0.25, -0.2) is 0 Å². The Bertz CT molecular complexity index is 365. The lowest BCUT2D eigenvalue weighted by Crippen LogP contribution is -2.24. The zero-order chi connectivity index (χ0) is 11.1. The average Bonchev–Trinajstić information content (AvgIpc) is 2.20. The minimum Gasteiger partial charge on any atom is -0.375 e. The van der Waals surface area contributed by atoms with Crippen molar-refractivity contribution in [3.63, 3.8) is 0 Å². The van der Waals surface area contributed by atoms with Crippen LogP contribution in [0.2, 0.25) is 0 Å². The van der Waals surface area contributed by atoms with Crippen LogP contribution in [0, 0.1) is 0 Å². The van der Waals surface area contributed by atoms with Crippen LogP contribution in [0.5, 0.6) is 0 Å². The maximum Gasteiger partial charge on any atom is 0.184 e. The lowest BCUT2D eigenvalue weighted by molar-refractivity contribution is 0.495. The van der Waals surface area contributed by atoms with Gasteiger partial charge in [-0.2, -0.15) is 5.10 Å². The van der Waals surface area contributed by atoms with E-state index in [4.69, 9.17) is 5.73 Å². The van der Waals surface area contributed by atoms with Gasteiger partial charge in [0.1, 0.15) is 0 Å². The fourth-order valence-corrected chi connectivity index (χ4v) is 1.21. The normalized spacial score (nSPS) is 10.5. The summed E-state index contributed by atoms with van der Waals surface area (Å²) in [7, 11) is 0. The summed E-state index contributed by atoms with van der Waals surface area (Å²) in [6, 6.07) is 7.45. The van der Waals surface area contributed by atoms with Crippen molar-refractivity contribution in [1.29, 1.82) is 0 Å². The van der Waals surface area contributed by atoms with E-state index in [1.807, 2.05) is 24.3 Å². The van der Waals surface area contributed by atoms with E-state index in [1.165, 1.54) is 0 Å². The van der Waals surface area contributed by atoms with Crippen molar-refractivity contribution in [3.8, 4) is 0 Å². The highest BCUT2D eigenvalue weighted by atomic mass is 32.1. The number of benzene rings is 1. The van der Waals surface area contributed by atoms with Gasteiger partial charge in [-0.05, 0) is 23.3 Å². The highest BCUT2D eigenvalue weighted by molar-refractivity contribution is 7.80. The topological polar surface area (TPSA) is 50.4 Å². The highest BCUT2D eigenvalue weighted by Crippen LogP contribution is 2.07. The first-order valence-corrected chi connectivity index (χ1v) is 4.87. The number of aryl methyl sites for hydroxylation is 1. The molecule has 0 fully saturated rings. The van der Waals surface area contributed by atoms with Gasteiger partial charge in [-0.1, -0.05) is 24.3 Å². The summed E-state index contributed by atoms with van der Waals surface area (Å²) in [5.41, 5.74) is 9.42. The second kappa shape index (κ2) is 6.08. The smallest absolute Gasteiger partial charge is 0.184 e. The average molecular weight is 225 g/mol. The van der Waals surface area contributed by atoms with Crippen molar-refractivity contribution >= 4 is 23.5 Å². The number of thiocarbonyl (C=S) groups is 1. The maximum absolute atomic E-state index is 12.2. The quantitative estimate of drug-likeness (QED) is 0.462. The highest BCUT2D eigenvalue weighted by Gasteiger charge is 1.98. The molecule has 0 saturated heterocycles. The van der Waals surface area contributed by atoms with E-state index in [1.54, 1.807) is 6.21 Å². The first-order valence-electron chi connectivity index (χ1n) is 4.46. The van der Waals surface area contributed by atoms with Gasteiger partial charge in [0.25, 0.3) is 0 Å². The number of nitrogens with two attached hydrogens (primary N) is 1. The molecule has 0 atom stereocenters. The van der Waals surface area contributed by atoms with E-state index in [-0.39, 0.29) is 11.8 Å². The largest absolute Gasteiger partial charge is 0.375 e. The van der Waals surface area contributed by atoms with Crippen molar-refractivity contribution in [2.75, 3.05) is 6.67 Å². The van der Waals surface area contributed by atoms with Crippen molar-refractivity contribution in [3.05, 3.63) is 35.4 Å². The summed E-state index contributed by atoms with van der Waals surface area (Å²) < 4.78 is 12.2. The van der Waals surface area contributed by atoms with Gasteiger partial charge in [-0.3, -0.25) is 9.82 Å². The molecule has 0 amide bonds. The molecule has 3 N–H and O–H groups in total. The minimum atomic E-state index is -0.381. The number of hydrogen-bond donors (Lipinski definition) is 2. The first kappa shape index (κ1) is 11.6. The summed E-state index contributed by atoms with van der Waals surface area (Å²) >= 11 is 4.59. The lowest BCUT2D eigenvalue weighted by Gasteiger charge is -2.02. The zero-order valence-corrected chi connectivity index (χ0v) is 8.93. The van der Waals surface area contributed by atoms with E-state index in [0.717, 1.165) is 11.1 Å². The summed E-state index contributed by atoms with van der Waals surface area (Å²) in [4.78, 5) is 0. The molecule has 0 heterocycles. The number of nitrogens with zero attached hydrogens (tertiary/aromatic N) is 1. The molecule has 1 aromatic carbocycles. The van der Waals surface area contributed by atoms with E-state index in [2.05, 4.69) is 22.7 Å². The SMILES string of the molecule is NC(=S)NN=Cc1ccccc1CCF. The molecule has 0 saturated carbocycles. The number of halogens is 1. The number of hydrazone groups is 1. The summed E-state index contributed by atoms with van der Waals surface area (Å²) in [5.74, 6) is 0. The molecule has 5 heteroatoms. The van der Waals surface area contributed by atoms with Crippen LogP contribution in [-0.2, 0) is 6.42 Å². The van der Waals surface area contributed by atoms with Crippen molar-refractivity contribution < 1.29 is 4.39 Å². The predicted octanol–water partition coefficient (Wildman–Crippen LogP) is 1.37. The molecule has 0 aliphatic heterocycles. The second-order valence-electron chi connectivity index (χ2n) is 2.87. The molecule has 0 unspecified atom stereocenters. The van der Waals surface area contributed by atoms with Crippen molar-refractivity contribution in [2.45, 2.75) is 6.42 Å². The molecule has 0 aliphatic rings. The van der Waals surface area contributed by atoms with Crippen molar-refractivity contribution in [2.24, 2.45) is 10.8 Å². The van der Waals surface area contributed by atoms with Gasteiger partial charge in [-0.15, -0.1) is 0 Å². The van der Waals surface area contributed by atoms with Crippen LogP contribution in [0.25, 0.3) is 0 Å². The molecule has 3 nitrogen and oxygen atoms in total. The van der Waals surface area contributed by atoms with Crippen LogP contribution in [0.15, 0.2) is 29.4 Å². The molecule has 0 radical (unpaired) electrons. The van der Waals surface area contributed by atoms with E-state index < -0.39 is 0 Å². The Morgan fingerprint density at radius 3 is 2.93 bits per heavy atom. The molecule has 80 valence electrons. The van der Waals surface area contributed by atoms with Gasteiger partial charge < -0.3 is 5.73 Å². The maximum atomic E-state index is 12.2. The third-order valence-electron chi connectivity index (χ3n) is 1.80. The number of rotatable bonds is 4. The Balaban J connectivity index is 2.74. The van der Waals surface area contributed by atoms with Gasteiger partial charge in [0.15, 0.2) is 5.11 Å². The Morgan fingerprint density at radius 1 is 1.53 bits per heavy atom. The zero-order valence-electron chi connectivity index (χ0n) is 8.11. The lowest BCUT2D eigenvalue weighted by atomic mass is 10.1. The van der Waals surface area contributed by atoms with Crippen LogP contribution in [0.1, 0.15) is 11.1 Å². The molecule has 0 bridgehead atoms. The Labute approximate surface area is 93.2 Å². The first-order chi connectivity index (χ1) is 7.24. The third kappa shape index (κ3) is 4.03. The molecular formula is C10H12FN3S. The molecule has 0 spiro atoms. The minimum absolute atomic E-state index is 0.106. The molecule has 0 aliphatic carbocycles. The van der Waals surface area contributed by atoms with Crippen LogP contribution in [0.4, 0.5) is 4.39 Å². The van der Waals surface area contributed by atoms with Gasteiger partial charge in [0.05, 0.1) is 12.9 Å². The predicted molar refractivity (Wildman–Crippen MR) is 63.6 cm³/mol. The Hall–Kier alpha value is -1.49. The van der Waals surface area contributed by atoms with E-state index in [0.29, 0.717) is 6.42 Å². The fourth-order valence-electron chi connectivity index (χ4n) is 1.16. The van der Waals surface area contributed by atoms with Crippen LogP contribution >= 0.6 is 12.2 Å².